The summed E-state index contributed by atoms with van der Waals surface area (Å²) in [6, 6.07) is 5.64. The third-order valence-electron chi connectivity index (χ3n) is 3.28. The first-order chi connectivity index (χ1) is 9.08. The Morgan fingerprint density at radius 2 is 2.00 bits per heavy atom. The molecule has 1 heterocycles. The molecule has 0 aliphatic carbocycles. The molecule has 5 nitrogen and oxygen atoms in total. The zero-order chi connectivity index (χ0) is 13.8. The fraction of sp³-hybridized carbons (Fsp3) is 0.429. The van der Waals surface area contributed by atoms with E-state index in [4.69, 9.17) is 5.73 Å². The second-order valence-corrected chi connectivity index (χ2v) is 4.80. The van der Waals surface area contributed by atoms with E-state index < -0.39 is 0 Å². The number of anilines is 1. The van der Waals surface area contributed by atoms with Crippen molar-refractivity contribution in [1.82, 2.24) is 4.90 Å². The molecule has 0 saturated carbocycles. The molecule has 110 valence electrons. The van der Waals surface area contributed by atoms with Crippen LogP contribution in [0.4, 0.5) is 11.4 Å². The van der Waals surface area contributed by atoms with Gasteiger partial charge in [-0.15, -0.1) is 12.4 Å². The molecule has 1 aromatic carbocycles. The average molecular weight is 297 g/mol. The Kier molecular flexibility index (Phi) is 5.82. The van der Waals surface area contributed by atoms with Gasteiger partial charge in [0, 0.05) is 25.7 Å². The van der Waals surface area contributed by atoms with Gasteiger partial charge in [0.2, 0.25) is 5.91 Å². The monoisotopic (exact) mass is 296 g/mol. The smallest absolute Gasteiger partial charge is 0.221 e. The Labute approximate surface area is 125 Å². The number of nitrogens with zero attached hydrogens (tertiary/aromatic N) is 2. The van der Waals surface area contributed by atoms with Crippen molar-refractivity contribution in [2.75, 3.05) is 18.4 Å². The average Bonchev–Trinajstić information content (AvgIpc) is 2.87. The van der Waals surface area contributed by atoms with E-state index in [-0.39, 0.29) is 18.3 Å². The van der Waals surface area contributed by atoms with Crippen molar-refractivity contribution in [2.24, 2.45) is 10.7 Å². The Bertz CT molecular complexity index is 510. The summed E-state index contributed by atoms with van der Waals surface area (Å²) in [5.74, 6) is 0.470. The molecule has 6 heteroatoms. The molecule has 3 N–H and O–H groups in total. The van der Waals surface area contributed by atoms with E-state index in [0.717, 1.165) is 30.0 Å². The number of likely N-dealkylation sites (tertiary alicyclic amines) is 1. The zero-order valence-electron chi connectivity index (χ0n) is 11.8. The number of aliphatic imine (C=N–C) groups is 1. The molecule has 1 aliphatic heterocycles. The topological polar surface area (TPSA) is 70.7 Å². The summed E-state index contributed by atoms with van der Waals surface area (Å²) in [6.07, 6.45) is 2.34. The second kappa shape index (κ2) is 7.14. The number of carbonyl (C=O) groups excluding carboxylic acids is 1. The van der Waals surface area contributed by atoms with Crippen LogP contribution in [0.3, 0.4) is 0 Å². The van der Waals surface area contributed by atoms with Crippen molar-refractivity contribution in [2.45, 2.75) is 26.7 Å². The first-order valence-electron chi connectivity index (χ1n) is 6.54. The molecular formula is C14H21ClN4O. The Morgan fingerprint density at radius 3 is 2.60 bits per heavy atom. The van der Waals surface area contributed by atoms with Crippen LogP contribution in [0, 0.1) is 6.92 Å². The lowest BCUT2D eigenvalue weighted by Gasteiger charge is -2.16. The van der Waals surface area contributed by atoms with Gasteiger partial charge in [-0.1, -0.05) is 6.07 Å². The fourth-order valence-corrected chi connectivity index (χ4v) is 2.21. The molecule has 0 radical (unpaired) electrons. The maximum absolute atomic E-state index is 11.1. The highest BCUT2D eigenvalue weighted by Crippen LogP contribution is 2.26. The molecule has 0 spiro atoms. The highest BCUT2D eigenvalue weighted by Gasteiger charge is 2.14. The molecule has 1 saturated heterocycles. The number of benzene rings is 1. The molecule has 1 amide bonds. The minimum Gasteiger partial charge on any atom is -0.369 e. The minimum atomic E-state index is -0.0863. The third kappa shape index (κ3) is 3.87. The van der Waals surface area contributed by atoms with Gasteiger partial charge in [0.25, 0.3) is 0 Å². The Hall–Kier alpha value is -1.75. The van der Waals surface area contributed by atoms with E-state index in [0.29, 0.717) is 5.96 Å². The van der Waals surface area contributed by atoms with Crippen LogP contribution in [0.15, 0.2) is 23.2 Å². The van der Waals surface area contributed by atoms with Gasteiger partial charge in [0.05, 0.1) is 5.69 Å². The van der Waals surface area contributed by atoms with Gasteiger partial charge in [-0.05, 0) is 37.5 Å². The lowest BCUT2D eigenvalue weighted by Crippen LogP contribution is -2.34. The number of hydrogen-bond donors (Lipinski definition) is 2. The summed E-state index contributed by atoms with van der Waals surface area (Å²) in [6.45, 7) is 5.37. The Balaban J connectivity index is 0.00000200. The highest BCUT2D eigenvalue weighted by molar-refractivity contribution is 5.91. The van der Waals surface area contributed by atoms with Gasteiger partial charge < -0.3 is 16.0 Å². The second-order valence-electron chi connectivity index (χ2n) is 4.80. The zero-order valence-corrected chi connectivity index (χ0v) is 12.7. The van der Waals surface area contributed by atoms with E-state index in [1.807, 2.05) is 25.1 Å². The van der Waals surface area contributed by atoms with Crippen molar-refractivity contribution in [1.29, 1.82) is 0 Å². The van der Waals surface area contributed by atoms with Crippen LogP contribution in [0.1, 0.15) is 25.3 Å². The number of guanidine groups is 1. The summed E-state index contributed by atoms with van der Waals surface area (Å²) in [4.78, 5) is 17.7. The minimum absolute atomic E-state index is 0. The molecular weight excluding hydrogens is 276 g/mol. The lowest BCUT2D eigenvalue weighted by molar-refractivity contribution is -0.114. The number of hydrogen-bond acceptors (Lipinski definition) is 2. The van der Waals surface area contributed by atoms with Crippen LogP contribution in [0.5, 0.6) is 0 Å². The van der Waals surface area contributed by atoms with Gasteiger partial charge in [0.15, 0.2) is 5.96 Å². The largest absolute Gasteiger partial charge is 0.369 e. The predicted octanol–water partition coefficient (Wildman–Crippen LogP) is 2.42. The Morgan fingerprint density at radius 1 is 1.35 bits per heavy atom. The summed E-state index contributed by atoms with van der Waals surface area (Å²) < 4.78 is 0. The van der Waals surface area contributed by atoms with E-state index in [2.05, 4.69) is 15.2 Å². The molecule has 1 fully saturated rings. The lowest BCUT2D eigenvalue weighted by atomic mass is 10.1. The molecule has 0 atom stereocenters. The normalized spacial score (nSPS) is 14.9. The summed E-state index contributed by atoms with van der Waals surface area (Å²) in [7, 11) is 0. The molecule has 1 aliphatic rings. The number of nitrogens with two attached hydrogens (primary N) is 1. The number of carbonyl (C=O) groups is 1. The van der Waals surface area contributed by atoms with Crippen LogP contribution in [0.25, 0.3) is 0 Å². The predicted molar refractivity (Wildman–Crippen MR) is 84.8 cm³/mol. The summed E-state index contributed by atoms with van der Waals surface area (Å²) >= 11 is 0. The molecule has 20 heavy (non-hydrogen) atoms. The van der Waals surface area contributed by atoms with Gasteiger partial charge >= 0.3 is 0 Å². The quantitative estimate of drug-likeness (QED) is 0.650. The molecule has 1 aromatic rings. The molecule has 0 bridgehead atoms. The number of amides is 1. The van der Waals surface area contributed by atoms with Crippen LogP contribution >= 0.6 is 12.4 Å². The number of nitrogens with one attached hydrogen (secondary N) is 1. The number of rotatable bonds is 2. The summed E-state index contributed by atoms with van der Waals surface area (Å²) in [5.41, 5.74) is 8.53. The van der Waals surface area contributed by atoms with Crippen molar-refractivity contribution >= 4 is 35.6 Å². The van der Waals surface area contributed by atoms with E-state index >= 15 is 0 Å². The van der Waals surface area contributed by atoms with Crippen LogP contribution < -0.4 is 11.1 Å². The van der Waals surface area contributed by atoms with Crippen LogP contribution in [0.2, 0.25) is 0 Å². The SMILES string of the molecule is CC(=O)Nc1cccc(N=C(N)N2CCCC2)c1C.Cl. The highest BCUT2D eigenvalue weighted by atomic mass is 35.5. The van der Waals surface area contributed by atoms with E-state index in [1.54, 1.807) is 0 Å². The molecule has 0 aromatic heterocycles. The first-order valence-corrected chi connectivity index (χ1v) is 6.54. The maximum Gasteiger partial charge on any atom is 0.221 e. The van der Waals surface area contributed by atoms with Crippen molar-refractivity contribution < 1.29 is 4.79 Å². The number of halogens is 1. The van der Waals surface area contributed by atoms with Crippen molar-refractivity contribution in [3.8, 4) is 0 Å². The van der Waals surface area contributed by atoms with Gasteiger partial charge in [0.1, 0.15) is 0 Å². The molecule has 2 rings (SSSR count). The van der Waals surface area contributed by atoms with E-state index in [9.17, 15) is 4.79 Å². The maximum atomic E-state index is 11.1. The standard InChI is InChI=1S/C14H20N4O.ClH/c1-10-12(16-11(2)19)6-5-7-13(10)17-14(15)18-8-3-4-9-18;/h5-7H,3-4,8-9H2,1-2H3,(H2,15,17)(H,16,19);1H. The van der Waals surface area contributed by atoms with Crippen molar-refractivity contribution in [3.05, 3.63) is 23.8 Å². The van der Waals surface area contributed by atoms with Gasteiger partial charge in [-0.3, -0.25) is 4.79 Å². The third-order valence-corrected chi connectivity index (χ3v) is 3.28. The van der Waals surface area contributed by atoms with Crippen LogP contribution in [-0.4, -0.2) is 29.9 Å². The van der Waals surface area contributed by atoms with Gasteiger partial charge in [-0.2, -0.15) is 0 Å². The van der Waals surface area contributed by atoms with Gasteiger partial charge in [-0.25, -0.2) is 4.99 Å². The van der Waals surface area contributed by atoms with Crippen molar-refractivity contribution in [3.63, 3.8) is 0 Å². The summed E-state index contributed by atoms with van der Waals surface area (Å²) in [5, 5.41) is 2.79. The van der Waals surface area contributed by atoms with E-state index in [1.165, 1.54) is 19.8 Å². The van der Waals surface area contributed by atoms with Crippen LogP contribution in [-0.2, 0) is 4.79 Å². The fourth-order valence-electron chi connectivity index (χ4n) is 2.21. The first kappa shape index (κ1) is 16.3. The molecule has 0 unspecified atom stereocenters.